The minimum atomic E-state index is -0.429. The number of rotatable bonds is 5. The number of amides is 1. The first kappa shape index (κ1) is 20.1. The van der Waals surface area contributed by atoms with E-state index in [0.717, 1.165) is 25.9 Å². The fraction of sp³-hybridized carbons (Fsp3) is 0.471. The Kier molecular flexibility index (Phi) is 6.93. The molecular formula is C17H23ClFN5O2. The van der Waals surface area contributed by atoms with Crippen LogP contribution in [0.2, 0.25) is 0 Å². The average molecular weight is 384 g/mol. The standard InChI is InChI=1S/C17H22FN5O2.ClH/c1-11(14-9-12(18)3-4-16(14)25-2)20-17(24)15-10-23(22-21-15)13-5-7-19-8-6-13;/h3-4,9-11,13,19H,5-8H2,1-2H3,(H,20,24);1H. The molecule has 142 valence electrons. The summed E-state index contributed by atoms with van der Waals surface area (Å²) in [6, 6.07) is 4.05. The van der Waals surface area contributed by atoms with Gasteiger partial charge in [0.2, 0.25) is 0 Å². The molecule has 1 aliphatic heterocycles. The van der Waals surface area contributed by atoms with Crippen LogP contribution >= 0.6 is 12.4 Å². The van der Waals surface area contributed by atoms with E-state index >= 15 is 0 Å². The Labute approximate surface area is 157 Å². The molecule has 1 saturated heterocycles. The smallest absolute Gasteiger partial charge is 0.273 e. The van der Waals surface area contributed by atoms with Gasteiger partial charge in [0.05, 0.1) is 25.4 Å². The molecule has 7 nitrogen and oxygen atoms in total. The topological polar surface area (TPSA) is 81.1 Å². The summed E-state index contributed by atoms with van der Waals surface area (Å²) in [6.07, 6.45) is 3.59. The molecule has 3 rings (SSSR count). The first-order chi connectivity index (χ1) is 12.1. The van der Waals surface area contributed by atoms with Gasteiger partial charge in [-0.25, -0.2) is 9.07 Å². The first-order valence-corrected chi connectivity index (χ1v) is 8.35. The summed E-state index contributed by atoms with van der Waals surface area (Å²) >= 11 is 0. The van der Waals surface area contributed by atoms with Gasteiger partial charge < -0.3 is 15.4 Å². The summed E-state index contributed by atoms with van der Waals surface area (Å²) < 4.78 is 20.5. The number of piperidine rings is 1. The Balaban J connectivity index is 0.00000243. The van der Waals surface area contributed by atoms with Crippen molar-refractivity contribution in [3.05, 3.63) is 41.5 Å². The molecule has 2 N–H and O–H groups in total. The molecule has 1 aromatic heterocycles. The third-order valence-corrected chi connectivity index (χ3v) is 4.43. The molecular weight excluding hydrogens is 361 g/mol. The number of nitrogens with one attached hydrogen (secondary N) is 2. The fourth-order valence-corrected chi connectivity index (χ4v) is 3.02. The number of methoxy groups -OCH3 is 1. The Bertz CT molecular complexity index is 749. The molecule has 1 aliphatic rings. The first-order valence-electron chi connectivity index (χ1n) is 8.35. The van der Waals surface area contributed by atoms with E-state index in [1.165, 1.54) is 19.2 Å². The van der Waals surface area contributed by atoms with E-state index in [0.29, 0.717) is 11.3 Å². The molecule has 0 radical (unpaired) electrons. The largest absolute Gasteiger partial charge is 0.496 e. The third-order valence-electron chi connectivity index (χ3n) is 4.43. The van der Waals surface area contributed by atoms with Crippen LogP contribution in [0.4, 0.5) is 4.39 Å². The number of nitrogens with zero attached hydrogens (tertiary/aromatic N) is 3. The Morgan fingerprint density at radius 2 is 2.15 bits per heavy atom. The van der Waals surface area contributed by atoms with Crippen LogP contribution in [0.3, 0.4) is 0 Å². The summed E-state index contributed by atoms with van der Waals surface area (Å²) in [5, 5.41) is 14.2. The lowest BCUT2D eigenvalue weighted by atomic mass is 10.1. The van der Waals surface area contributed by atoms with Gasteiger partial charge in [-0.05, 0) is 51.1 Å². The van der Waals surface area contributed by atoms with Gasteiger partial charge >= 0.3 is 0 Å². The lowest BCUT2D eigenvalue weighted by Gasteiger charge is -2.22. The van der Waals surface area contributed by atoms with Crippen LogP contribution < -0.4 is 15.4 Å². The summed E-state index contributed by atoms with van der Waals surface area (Å²) in [5.74, 6) is -0.208. The maximum Gasteiger partial charge on any atom is 0.273 e. The molecule has 2 aromatic rings. The third kappa shape index (κ3) is 4.50. The van der Waals surface area contributed by atoms with Crippen molar-refractivity contribution in [2.24, 2.45) is 0 Å². The number of carbonyl (C=O) groups is 1. The summed E-state index contributed by atoms with van der Waals surface area (Å²) in [7, 11) is 1.51. The van der Waals surface area contributed by atoms with Gasteiger partial charge in [-0.2, -0.15) is 0 Å². The molecule has 1 atom stereocenters. The normalized spacial score (nSPS) is 15.8. The SMILES string of the molecule is COc1ccc(F)cc1C(C)NC(=O)c1cn(C2CCNCC2)nn1.Cl. The van der Waals surface area contributed by atoms with Crippen LogP contribution in [0, 0.1) is 5.82 Å². The highest BCUT2D eigenvalue weighted by atomic mass is 35.5. The summed E-state index contributed by atoms with van der Waals surface area (Å²) in [4.78, 5) is 12.4. The van der Waals surface area contributed by atoms with E-state index in [1.54, 1.807) is 23.9 Å². The van der Waals surface area contributed by atoms with E-state index in [2.05, 4.69) is 20.9 Å². The maximum absolute atomic E-state index is 13.5. The van der Waals surface area contributed by atoms with Crippen molar-refractivity contribution < 1.29 is 13.9 Å². The highest BCUT2D eigenvalue weighted by molar-refractivity contribution is 5.92. The van der Waals surface area contributed by atoms with Crippen LogP contribution in [0.25, 0.3) is 0 Å². The second kappa shape index (κ2) is 8.95. The minimum absolute atomic E-state index is 0. The predicted octanol–water partition coefficient (Wildman–Crippen LogP) is 2.26. The van der Waals surface area contributed by atoms with Gasteiger partial charge in [0.1, 0.15) is 11.6 Å². The second-order valence-corrected chi connectivity index (χ2v) is 6.15. The Hall–Kier alpha value is -2.19. The number of hydrogen-bond acceptors (Lipinski definition) is 5. The van der Waals surface area contributed by atoms with Crippen molar-refractivity contribution in [2.45, 2.75) is 31.8 Å². The molecule has 26 heavy (non-hydrogen) atoms. The van der Waals surface area contributed by atoms with Crippen LogP contribution in [0.15, 0.2) is 24.4 Å². The van der Waals surface area contributed by atoms with E-state index in [4.69, 9.17) is 4.74 Å². The zero-order valence-electron chi connectivity index (χ0n) is 14.7. The van der Waals surface area contributed by atoms with E-state index in [-0.39, 0.29) is 35.9 Å². The van der Waals surface area contributed by atoms with Crippen LogP contribution in [0.1, 0.15) is 47.9 Å². The molecule has 0 spiro atoms. The Morgan fingerprint density at radius 1 is 1.42 bits per heavy atom. The van der Waals surface area contributed by atoms with Crippen molar-refractivity contribution in [1.82, 2.24) is 25.6 Å². The molecule has 1 unspecified atom stereocenters. The summed E-state index contributed by atoms with van der Waals surface area (Å²) in [6.45, 7) is 3.64. The van der Waals surface area contributed by atoms with Crippen LogP contribution in [-0.4, -0.2) is 41.1 Å². The predicted molar refractivity (Wildman–Crippen MR) is 97.2 cm³/mol. The van der Waals surface area contributed by atoms with Gasteiger partial charge in [0.15, 0.2) is 5.69 Å². The van der Waals surface area contributed by atoms with Crippen LogP contribution in [-0.2, 0) is 0 Å². The molecule has 0 bridgehead atoms. The fourth-order valence-electron chi connectivity index (χ4n) is 3.02. The van der Waals surface area contributed by atoms with Crippen molar-refractivity contribution in [3.8, 4) is 5.75 Å². The lowest BCUT2D eigenvalue weighted by molar-refractivity contribution is 0.0934. The highest BCUT2D eigenvalue weighted by Gasteiger charge is 2.21. The van der Waals surface area contributed by atoms with Crippen molar-refractivity contribution in [3.63, 3.8) is 0 Å². The van der Waals surface area contributed by atoms with Gasteiger partial charge in [-0.3, -0.25) is 4.79 Å². The summed E-state index contributed by atoms with van der Waals surface area (Å²) in [5.41, 5.74) is 0.822. The molecule has 1 fully saturated rings. The minimum Gasteiger partial charge on any atom is -0.496 e. The van der Waals surface area contributed by atoms with E-state index in [9.17, 15) is 9.18 Å². The Morgan fingerprint density at radius 3 is 2.85 bits per heavy atom. The number of aromatic nitrogens is 3. The van der Waals surface area contributed by atoms with Crippen molar-refractivity contribution in [2.75, 3.05) is 20.2 Å². The molecule has 1 amide bonds. The molecule has 2 heterocycles. The lowest BCUT2D eigenvalue weighted by Crippen LogP contribution is -2.29. The maximum atomic E-state index is 13.5. The van der Waals surface area contributed by atoms with E-state index in [1.807, 2.05) is 0 Å². The zero-order chi connectivity index (χ0) is 17.8. The van der Waals surface area contributed by atoms with E-state index < -0.39 is 6.04 Å². The van der Waals surface area contributed by atoms with Crippen LogP contribution in [0.5, 0.6) is 5.75 Å². The second-order valence-electron chi connectivity index (χ2n) is 6.15. The van der Waals surface area contributed by atoms with Gasteiger partial charge in [-0.15, -0.1) is 17.5 Å². The van der Waals surface area contributed by atoms with Gasteiger partial charge in [-0.1, -0.05) is 5.21 Å². The van der Waals surface area contributed by atoms with Crippen molar-refractivity contribution >= 4 is 18.3 Å². The zero-order valence-corrected chi connectivity index (χ0v) is 15.6. The number of ether oxygens (including phenoxy) is 1. The molecule has 0 saturated carbocycles. The quantitative estimate of drug-likeness (QED) is 0.827. The number of benzene rings is 1. The average Bonchev–Trinajstić information content (AvgIpc) is 3.12. The van der Waals surface area contributed by atoms with Gasteiger partial charge in [0, 0.05) is 5.56 Å². The highest BCUT2D eigenvalue weighted by Crippen LogP contribution is 2.26. The monoisotopic (exact) mass is 383 g/mol. The molecule has 9 heteroatoms. The molecule has 1 aromatic carbocycles. The number of halogens is 2. The van der Waals surface area contributed by atoms with Gasteiger partial charge in [0.25, 0.3) is 5.91 Å². The number of hydrogen-bond donors (Lipinski definition) is 2. The number of carbonyl (C=O) groups excluding carboxylic acids is 1. The molecule has 0 aliphatic carbocycles. The van der Waals surface area contributed by atoms with Crippen molar-refractivity contribution in [1.29, 1.82) is 0 Å².